The SMILES string of the molecule is CCCC1CCCC(NC2CCCC2)(C(=O)OC)CC1. The van der Waals surface area contributed by atoms with E-state index in [1.54, 1.807) is 0 Å². The number of esters is 1. The quantitative estimate of drug-likeness (QED) is 0.615. The summed E-state index contributed by atoms with van der Waals surface area (Å²) < 4.78 is 5.15. The summed E-state index contributed by atoms with van der Waals surface area (Å²) in [5, 5.41) is 3.71. The highest BCUT2D eigenvalue weighted by Crippen LogP contribution is 2.35. The average molecular weight is 281 g/mol. The maximum Gasteiger partial charge on any atom is 0.326 e. The van der Waals surface area contributed by atoms with Crippen molar-refractivity contribution in [2.45, 2.75) is 89.1 Å². The van der Waals surface area contributed by atoms with Gasteiger partial charge in [-0.05, 0) is 38.0 Å². The highest BCUT2D eigenvalue weighted by Gasteiger charge is 2.42. The Hall–Kier alpha value is -0.570. The topological polar surface area (TPSA) is 38.3 Å². The fourth-order valence-corrected chi connectivity index (χ4v) is 4.17. The summed E-state index contributed by atoms with van der Waals surface area (Å²) in [6.07, 6.45) is 13.1. The highest BCUT2D eigenvalue weighted by atomic mass is 16.5. The van der Waals surface area contributed by atoms with Gasteiger partial charge in [-0.3, -0.25) is 10.1 Å². The molecular weight excluding hydrogens is 250 g/mol. The summed E-state index contributed by atoms with van der Waals surface area (Å²) in [4.78, 5) is 12.4. The zero-order valence-electron chi connectivity index (χ0n) is 13.2. The van der Waals surface area contributed by atoms with Gasteiger partial charge in [-0.15, -0.1) is 0 Å². The zero-order valence-corrected chi connectivity index (χ0v) is 13.2. The highest BCUT2D eigenvalue weighted by molar-refractivity contribution is 5.80. The molecule has 1 N–H and O–H groups in total. The molecule has 0 aromatic carbocycles. The summed E-state index contributed by atoms with van der Waals surface area (Å²) in [6, 6.07) is 0.525. The Labute approximate surface area is 123 Å². The lowest BCUT2D eigenvalue weighted by Gasteiger charge is -2.34. The smallest absolute Gasteiger partial charge is 0.326 e. The first-order valence-corrected chi connectivity index (χ1v) is 8.56. The normalized spacial score (nSPS) is 32.0. The van der Waals surface area contributed by atoms with Gasteiger partial charge in [-0.1, -0.05) is 45.4 Å². The fourth-order valence-electron chi connectivity index (χ4n) is 4.17. The van der Waals surface area contributed by atoms with Crippen LogP contribution in [0.25, 0.3) is 0 Å². The van der Waals surface area contributed by atoms with Crippen LogP contribution in [0.2, 0.25) is 0 Å². The van der Waals surface area contributed by atoms with Crippen molar-refractivity contribution in [3.8, 4) is 0 Å². The van der Waals surface area contributed by atoms with Crippen LogP contribution in [0.5, 0.6) is 0 Å². The molecule has 2 saturated carbocycles. The molecule has 3 nitrogen and oxygen atoms in total. The molecule has 0 radical (unpaired) electrons. The molecule has 2 unspecified atom stereocenters. The van der Waals surface area contributed by atoms with Crippen LogP contribution in [0.15, 0.2) is 0 Å². The first-order valence-electron chi connectivity index (χ1n) is 8.56. The van der Waals surface area contributed by atoms with E-state index in [2.05, 4.69) is 12.2 Å². The van der Waals surface area contributed by atoms with Crippen molar-refractivity contribution in [3.63, 3.8) is 0 Å². The number of ether oxygens (including phenoxy) is 1. The van der Waals surface area contributed by atoms with Gasteiger partial charge in [-0.2, -0.15) is 0 Å². The van der Waals surface area contributed by atoms with Crippen molar-refractivity contribution >= 4 is 5.97 Å². The lowest BCUT2D eigenvalue weighted by molar-refractivity contribution is -0.149. The number of carbonyl (C=O) groups is 1. The lowest BCUT2D eigenvalue weighted by atomic mass is 9.87. The van der Waals surface area contributed by atoms with Gasteiger partial charge in [0.05, 0.1) is 7.11 Å². The second-order valence-corrected chi connectivity index (χ2v) is 6.79. The Bertz CT molecular complexity index is 312. The average Bonchev–Trinajstić information content (AvgIpc) is 2.87. The lowest BCUT2D eigenvalue weighted by Crippen LogP contribution is -2.55. The van der Waals surface area contributed by atoms with Crippen LogP contribution < -0.4 is 5.32 Å². The van der Waals surface area contributed by atoms with E-state index in [0.29, 0.717) is 6.04 Å². The van der Waals surface area contributed by atoms with E-state index in [0.717, 1.165) is 25.2 Å². The van der Waals surface area contributed by atoms with E-state index in [1.165, 1.54) is 58.5 Å². The minimum Gasteiger partial charge on any atom is -0.468 e. The molecule has 0 aromatic heterocycles. The third kappa shape index (κ3) is 3.75. The van der Waals surface area contributed by atoms with Crippen molar-refractivity contribution in [1.29, 1.82) is 0 Å². The number of rotatable bonds is 5. The van der Waals surface area contributed by atoms with Crippen molar-refractivity contribution in [2.24, 2.45) is 5.92 Å². The van der Waals surface area contributed by atoms with Crippen LogP contribution in [-0.2, 0) is 9.53 Å². The Morgan fingerprint density at radius 1 is 1.15 bits per heavy atom. The van der Waals surface area contributed by atoms with E-state index in [4.69, 9.17) is 4.74 Å². The first-order chi connectivity index (χ1) is 9.70. The van der Waals surface area contributed by atoms with Gasteiger partial charge >= 0.3 is 5.97 Å². The largest absolute Gasteiger partial charge is 0.468 e. The number of nitrogens with one attached hydrogen (secondary N) is 1. The third-order valence-electron chi connectivity index (χ3n) is 5.30. The van der Waals surface area contributed by atoms with Gasteiger partial charge in [0.1, 0.15) is 5.54 Å². The molecule has 3 heteroatoms. The zero-order chi connectivity index (χ0) is 14.4. The molecule has 0 aromatic rings. The minimum atomic E-state index is -0.397. The molecule has 0 saturated heterocycles. The van der Waals surface area contributed by atoms with Crippen molar-refractivity contribution in [1.82, 2.24) is 5.32 Å². The number of hydrogen-bond acceptors (Lipinski definition) is 3. The molecule has 20 heavy (non-hydrogen) atoms. The molecule has 2 fully saturated rings. The van der Waals surface area contributed by atoms with Crippen LogP contribution in [0.4, 0.5) is 0 Å². The van der Waals surface area contributed by atoms with E-state index in [1.807, 2.05) is 0 Å². The standard InChI is InChI=1S/C17H31NO2/c1-3-7-14-8-6-12-17(13-11-14,16(19)20-2)18-15-9-4-5-10-15/h14-15,18H,3-13H2,1-2H3. The Balaban J connectivity index is 2.04. The van der Waals surface area contributed by atoms with Crippen LogP contribution in [0.1, 0.15) is 77.6 Å². The van der Waals surface area contributed by atoms with Gasteiger partial charge in [0.15, 0.2) is 0 Å². The van der Waals surface area contributed by atoms with Crippen LogP contribution in [0, 0.1) is 5.92 Å². The maximum absolute atomic E-state index is 12.4. The molecule has 116 valence electrons. The van der Waals surface area contributed by atoms with E-state index < -0.39 is 5.54 Å². The summed E-state index contributed by atoms with van der Waals surface area (Å²) in [7, 11) is 1.54. The molecule has 0 bridgehead atoms. The second kappa shape index (κ2) is 7.44. The Kier molecular flexibility index (Phi) is 5.88. The van der Waals surface area contributed by atoms with Crippen molar-refractivity contribution in [3.05, 3.63) is 0 Å². The van der Waals surface area contributed by atoms with E-state index in [-0.39, 0.29) is 5.97 Å². The van der Waals surface area contributed by atoms with E-state index in [9.17, 15) is 4.79 Å². The Morgan fingerprint density at radius 3 is 2.55 bits per heavy atom. The molecular formula is C17H31NO2. The van der Waals surface area contributed by atoms with Crippen LogP contribution in [-0.4, -0.2) is 24.7 Å². The second-order valence-electron chi connectivity index (χ2n) is 6.79. The Morgan fingerprint density at radius 2 is 1.90 bits per heavy atom. The molecule has 2 atom stereocenters. The van der Waals surface area contributed by atoms with Gasteiger partial charge in [-0.25, -0.2) is 0 Å². The van der Waals surface area contributed by atoms with Crippen LogP contribution in [0.3, 0.4) is 0 Å². The number of hydrogen-bond donors (Lipinski definition) is 1. The summed E-state index contributed by atoms with van der Waals surface area (Å²) in [6.45, 7) is 2.26. The van der Waals surface area contributed by atoms with Crippen LogP contribution >= 0.6 is 0 Å². The summed E-state index contributed by atoms with van der Waals surface area (Å²) >= 11 is 0. The van der Waals surface area contributed by atoms with Crippen molar-refractivity contribution in [2.75, 3.05) is 7.11 Å². The maximum atomic E-state index is 12.4. The fraction of sp³-hybridized carbons (Fsp3) is 0.941. The monoisotopic (exact) mass is 281 g/mol. The number of methoxy groups -OCH3 is 1. The molecule has 0 spiro atoms. The van der Waals surface area contributed by atoms with E-state index >= 15 is 0 Å². The third-order valence-corrected chi connectivity index (χ3v) is 5.30. The van der Waals surface area contributed by atoms with Crippen molar-refractivity contribution < 1.29 is 9.53 Å². The van der Waals surface area contributed by atoms with Gasteiger partial charge in [0.2, 0.25) is 0 Å². The first kappa shape index (κ1) is 15.8. The number of carbonyl (C=O) groups excluding carboxylic acids is 1. The molecule has 0 amide bonds. The predicted molar refractivity (Wildman–Crippen MR) is 81.6 cm³/mol. The van der Waals surface area contributed by atoms with Gasteiger partial charge in [0, 0.05) is 6.04 Å². The molecule has 2 aliphatic carbocycles. The summed E-state index contributed by atoms with van der Waals surface area (Å²) in [5.74, 6) is 0.776. The van der Waals surface area contributed by atoms with Gasteiger partial charge in [0.25, 0.3) is 0 Å². The summed E-state index contributed by atoms with van der Waals surface area (Å²) in [5.41, 5.74) is -0.397. The molecule has 0 aliphatic heterocycles. The molecule has 2 aliphatic rings. The minimum absolute atomic E-state index is 0.0263. The van der Waals surface area contributed by atoms with Gasteiger partial charge < -0.3 is 4.74 Å². The molecule has 0 heterocycles. The predicted octanol–water partition coefficient (Wildman–Crippen LogP) is 3.81. The molecule has 2 rings (SSSR count).